The summed E-state index contributed by atoms with van der Waals surface area (Å²) in [5, 5.41) is 12.0. The molecule has 2 heteroatoms. The number of hydrogen-bond donors (Lipinski definition) is 1. The van der Waals surface area contributed by atoms with Crippen LogP contribution in [-0.2, 0) is 5.60 Å². The van der Waals surface area contributed by atoms with E-state index in [0.717, 1.165) is 24.1 Å². The molecule has 0 spiro atoms. The zero-order chi connectivity index (χ0) is 18.0. The molecule has 4 rings (SSSR count). The average molecular weight is 343 g/mol. The van der Waals surface area contributed by atoms with Gasteiger partial charge in [-0.3, -0.25) is 4.90 Å². The Morgan fingerprint density at radius 3 is 1.69 bits per heavy atom. The van der Waals surface area contributed by atoms with E-state index in [1.807, 2.05) is 66.7 Å². The van der Waals surface area contributed by atoms with Crippen LogP contribution >= 0.6 is 0 Å². The van der Waals surface area contributed by atoms with Crippen molar-refractivity contribution in [3.63, 3.8) is 0 Å². The summed E-state index contributed by atoms with van der Waals surface area (Å²) in [6.07, 6.45) is 0.984. The molecule has 0 saturated carbocycles. The molecule has 0 amide bonds. The summed E-state index contributed by atoms with van der Waals surface area (Å²) >= 11 is 0. The van der Waals surface area contributed by atoms with Gasteiger partial charge in [0.2, 0.25) is 0 Å². The molecule has 0 aliphatic carbocycles. The predicted octanol–water partition coefficient (Wildman–Crippen LogP) is 4.76. The van der Waals surface area contributed by atoms with Crippen molar-refractivity contribution >= 4 is 0 Å². The zero-order valence-electron chi connectivity index (χ0n) is 15.1. The van der Waals surface area contributed by atoms with E-state index in [9.17, 15) is 5.11 Å². The van der Waals surface area contributed by atoms with Crippen LogP contribution in [0.3, 0.4) is 0 Å². The Labute approximate surface area is 155 Å². The van der Waals surface area contributed by atoms with Gasteiger partial charge >= 0.3 is 0 Å². The van der Waals surface area contributed by atoms with E-state index in [1.54, 1.807) is 0 Å². The number of benzene rings is 3. The molecule has 1 N–H and O–H groups in total. The smallest absolute Gasteiger partial charge is 0.130 e. The first-order valence-corrected chi connectivity index (χ1v) is 9.35. The van der Waals surface area contributed by atoms with E-state index in [-0.39, 0.29) is 12.1 Å². The minimum Gasteiger partial charge on any atom is -0.379 e. The summed E-state index contributed by atoms with van der Waals surface area (Å²) in [6, 6.07) is 31.1. The topological polar surface area (TPSA) is 23.5 Å². The van der Waals surface area contributed by atoms with Gasteiger partial charge in [0.25, 0.3) is 0 Å². The third kappa shape index (κ3) is 2.86. The van der Waals surface area contributed by atoms with Crippen LogP contribution in [0.4, 0.5) is 0 Å². The molecule has 1 saturated heterocycles. The molecule has 26 heavy (non-hydrogen) atoms. The molecule has 1 fully saturated rings. The quantitative estimate of drug-likeness (QED) is 0.722. The summed E-state index contributed by atoms with van der Waals surface area (Å²) < 4.78 is 0. The van der Waals surface area contributed by atoms with Gasteiger partial charge in [0, 0.05) is 18.6 Å². The summed E-state index contributed by atoms with van der Waals surface area (Å²) in [5.41, 5.74) is 2.20. The minimum absolute atomic E-state index is 0.0579. The SMILES string of the molecule is C[C@@H](c1ccccc1)N1CC[C@H]1C(O)(c1ccccc1)c1ccccc1. The lowest BCUT2D eigenvalue weighted by atomic mass is 9.74. The molecule has 1 aliphatic heterocycles. The van der Waals surface area contributed by atoms with Gasteiger partial charge in [-0.1, -0.05) is 91.0 Å². The summed E-state index contributed by atoms with van der Waals surface area (Å²) in [4.78, 5) is 2.43. The number of hydrogen-bond acceptors (Lipinski definition) is 2. The van der Waals surface area contributed by atoms with Crippen LogP contribution in [0.2, 0.25) is 0 Å². The van der Waals surface area contributed by atoms with Gasteiger partial charge < -0.3 is 5.11 Å². The first-order chi connectivity index (χ1) is 12.7. The lowest BCUT2D eigenvalue weighted by Gasteiger charge is -2.53. The lowest BCUT2D eigenvalue weighted by Crippen LogP contribution is -2.60. The maximum atomic E-state index is 12.0. The van der Waals surface area contributed by atoms with Gasteiger partial charge in [0.15, 0.2) is 0 Å². The van der Waals surface area contributed by atoms with Crippen LogP contribution in [0, 0.1) is 0 Å². The molecule has 3 aromatic rings. The third-order valence-electron chi connectivity index (χ3n) is 5.75. The van der Waals surface area contributed by atoms with Crippen molar-refractivity contribution in [2.45, 2.75) is 31.0 Å². The van der Waals surface area contributed by atoms with Crippen molar-refractivity contribution < 1.29 is 5.11 Å². The van der Waals surface area contributed by atoms with E-state index in [0.29, 0.717) is 0 Å². The van der Waals surface area contributed by atoms with Gasteiger partial charge in [0.1, 0.15) is 5.60 Å². The fourth-order valence-corrected chi connectivity index (χ4v) is 4.18. The van der Waals surface area contributed by atoms with E-state index >= 15 is 0 Å². The van der Waals surface area contributed by atoms with Crippen LogP contribution in [0.5, 0.6) is 0 Å². The van der Waals surface area contributed by atoms with Gasteiger partial charge in [-0.05, 0) is 30.0 Å². The van der Waals surface area contributed by atoms with Crippen molar-refractivity contribution in [1.29, 1.82) is 0 Å². The molecule has 0 bridgehead atoms. The van der Waals surface area contributed by atoms with Crippen LogP contribution in [-0.4, -0.2) is 22.6 Å². The standard InChI is InChI=1S/C24H25NO/c1-19(20-11-5-2-6-12-20)25-18-17-23(25)24(26,21-13-7-3-8-14-21)22-15-9-4-10-16-22/h2-16,19,23,26H,17-18H2,1H3/t19-,23-/m0/s1. The van der Waals surface area contributed by atoms with Crippen molar-refractivity contribution in [3.05, 3.63) is 108 Å². The second kappa shape index (κ2) is 7.06. The summed E-state index contributed by atoms with van der Waals surface area (Å²) in [7, 11) is 0. The maximum absolute atomic E-state index is 12.0. The molecule has 0 unspecified atom stereocenters. The Morgan fingerprint density at radius 2 is 1.27 bits per heavy atom. The Balaban J connectivity index is 1.73. The monoisotopic (exact) mass is 343 g/mol. The largest absolute Gasteiger partial charge is 0.379 e. The Kier molecular flexibility index (Phi) is 4.62. The van der Waals surface area contributed by atoms with E-state index in [4.69, 9.17) is 0 Å². The van der Waals surface area contributed by atoms with Crippen LogP contribution in [0.1, 0.15) is 36.1 Å². The highest BCUT2D eigenvalue weighted by Gasteiger charge is 2.49. The van der Waals surface area contributed by atoms with Crippen molar-refractivity contribution in [2.75, 3.05) is 6.54 Å². The average Bonchev–Trinajstić information content (AvgIpc) is 2.69. The Hall–Kier alpha value is -2.42. The van der Waals surface area contributed by atoms with Gasteiger partial charge in [-0.25, -0.2) is 0 Å². The number of likely N-dealkylation sites (tertiary alicyclic amines) is 1. The second-order valence-electron chi connectivity index (χ2n) is 7.13. The molecule has 0 aromatic heterocycles. The van der Waals surface area contributed by atoms with Crippen LogP contribution < -0.4 is 0 Å². The highest BCUT2D eigenvalue weighted by Crippen LogP contribution is 2.44. The molecule has 0 radical (unpaired) electrons. The van der Waals surface area contributed by atoms with Gasteiger partial charge in [-0.2, -0.15) is 0 Å². The fourth-order valence-electron chi connectivity index (χ4n) is 4.18. The highest BCUT2D eigenvalue weighted by molar-refractivity contribution is 5.39. The van der Waals surface area contributed by atoms with E-state index in [1.165, 1.54) is 5.56 Å². The second-order valence-corrected chi connectivity index (χ2v) is 7.13. The molecule has 2 nitrogen and oxygen atoms in total. The highest BCUT2D eigenvalue weighted by atomic mass is 16.3. The predicted molar refractivity (Wildman–Crippen MR) is 106 cm³/mol. The summed E-state index contributed by atoms with van der Waals surface area (Å²) in [5.74, 6) is 0. The van der Waals surface area contributed by atoms with Crippen molar-refractivity contribution in [3.8, 4) is 0 Å². The van der Waals surface area contributed by atoms with Gasteiger partial charge in [0.05, 0.1) is 0 Å². The minimum atomic E-state index is -1.01. The maximum Gasteiger partial charge on any atom is 0.130 e. The van der Waals surface area contributed by atoms with Crippen molar-refractivity contribution in [2.24, 2.45) is 0 Å². The fraction of sp³-hybridized carbons (Fsp3) is 0.250. The molecule has 2 atom stereocenters. The molecule has 1 aliphatic rings. The molecule has 3 aromatic carbocycles. The molecule has 132 valence electrons. The number of aliphatic hydroxyl groups is 1. The first-order valence-electron chi connectivity index (χ1n) is 9.35. The summed E-state index contributed by atoms with van der Waals surface area (Å²) in [6.45, 7) is 3.24. The van der Waals surface area contributed by atoms with E-state index in [2.05, 4.69) is 36.1 Å². The molecular weight excluding hydrogens is 318 g/mol. The van der Waals surface area contributed by atoms with Gasteiger partial charge in [-0.15, -0.1) is 0 Å². The normalized spacial score (nSPS) is 18.9. The molecule has 1 heterocycles. The number of rotatable bonds is 5. The first kappa shape index (κ1) is 17.0. The Bertz CT molecular complexity index is 792. The van der Waals surface area contributed by atoms with Crippen LogP contribution in [0.25, 0.3) is 0 Å². The number of nitrogens with zero attached hydrogens (tertiary/aromatic N) is 1. The van der Waals surface area contributed by atoms with Crippen molar-refractivity contribution in [1.82, 2.24) is 4.90 Å². The lowest BCUT2D eigenvalue weighted by molar-refractivity contribution is -0.0893. The van der Waals surface area contributed by atoms with Crippen LogP contribution in [0.15, 0.2) is 91.0 Å². The zero-order valence-corrected chi connectivity index (χ0v) is 15.1. The molecular formula is C24H25NO. The Morgan fingerprint density at radius 1 is 0.808 bits per heavy atom. The third-order valence-corrected chi connectivity index (χ3v) is 5.75. The van der Waals surface area contributed by atoms with E-state index < -0.39 is 5.60 Å².